The number of sulfonamides is 1. The van der Waals surface area contributed by atoms with E-state index in [-0.39, 0.29) is 0 Å². The van der Waals surface area contributed by atoms with Crippen LogP contribution in [0.1, 0.15) is 11.1 Å². The number of rotatable bonds is 3. The summed E-state index contributed by atoms with van der Waals surface area (Å²) in [6, 6.07) is 6.20. The third-order valence-corrected chi connectivity index (χ3v) is 4.29. The van der Waals surface area contributed by atoms with Crippen molar-refractivity contribution in [1.82, 2.24) is 0 Å². The number of halogens is 6. The molecular weight excluding hydrogens is 360 g/mol. The highest BCUT2D eigenvalue weighted by molar-refractivity contribution is 7.92. The van der Waals surface area contributed by atoms with Crippen LogP contribution in [0.3, 0.4) is 0 Å². The summed E-state index contributed by atoms with van der Waals surface area (Å²) < 4.78 is 102. The van der Waals surface area contributed by atoms with Gasteiger partial charge in [0.15, 0.2) is 0 Å². The maximum atomic E-state index is 12.6. The van der Waals surface area contributed by atoms with Crippen molar-refractivity contribution in [2.45, 2.75) is 17.2 Å². The third-order valence-electron chi connectivity index (χ3n) is 2.91. The Hall–Kier alpha value is -2.23. The molecule has 130 valence electrons. The first-order valence-corrected chi connectivity index (χ1v) is 7.75. The van der Waals surface area contributed by atoms with Crippen LogP contribution in [-0.2, 0) is 22.4 Å². The lowest BCUT2D eigenvalue weighted by Gasteiger charge is -2.12. The van der Waals surface area contributed by atoms with Crippen LogP contribution >= 0.6 is 0 Å². The first-order valence-electron chi connectivity index (χ1n) is 6.27. The van der Waals surface area contributed by atoms with Crippen LogP contribution in [-0.4, -0.2) is 8.42 Å². The van der Waals surface area contributed by atoms with E-state index in [4.69, 9.17) is 0 Å². The Labute approximate surface area is 133 Å². The second-order valence-corrected chi connectivity index (χ2v) is 6.39. The molecule has 0 radical (unpaired) electrons. The molecule has 0 saturated carbocycles. The standard InChI is InChI=1S/C14H9F6NO2S/c15-13(16,17)9-3-1-5-11(7-9)21-24(22,23)12-6-2-4-10(8-12)14(18,19)20/h1-8,21H. The monoisotopic (exact) mass is 369 g/mol. The fraction of sp³-hybridized carbons (Fsp3) is 0.143. The van der Waals surface area contributed by atoms with Crippen LogP contribution in [0.2, 0.25) is 0 Å². The topological polar surface area (TPSA) is 46.2 Å². The molecule has 2 aromatic carbocycles. The van der Waals surface area contributed by atoms with Gasteiger partial charge in [0.1, 0.15) is 0 Å². The summed E-state index contributed by atoms with van der Waals surface area (Å²) in [7, 11) is -4.48. The maximum Gasteiger partial charge on any atom is 0.416 e. The summed E-state index contributed by atoms with van der Waals surface area (Å²) in [5, 5.41) is 0. The average molecular weight is 369 g/mol. The zero-order valence-electron chi connectivity index (χ0n) is 11.6. The minimum absolute atomic E-state index is 0.399. The van der Waals surface area contributed by atoms with Gasteiger partial charge in [-0.15, -0.1) is 0 Å². The molecule has 2 aromatic rings. The summed E-state index contributed by atoms with van der Waals surface area (Å²) in [5.41, 5.74) is -2.69. The maximum absolute atomic E-state index is 12.6. The minimum atomic E-state index is -4.75. The fourth-order valence-electron chi connectivity index (χ4n) is 1.81. The highest BCUT2D eigenvalue weighted by atomic mass is 32.2. The summed E-state index contributed by atoms with van der Waals surface area (Å²) in [4.78, 5) is -0.713. The Balaban J connectivity index is 2.36. The molecule has 0 saturated heterocycles. The predicted octanol–water partition coefficient (Wildman–Crippen LogP) is 4.53. The van der Waals surface area contributed by atoms with Gasteiger partial charge in [-0.1, -0.05) is 12.1 Å². The van der Waals surface area contributed by atoms with Crippen LogP contribution in [0, 0.1) is 0 Å². The number of hydrogen-bond acceptors (Lipinski definition) is 2. The van der Waals surface area contributed by atoms with Gasteiger partial charge in [0, 0.05) is 5.69 Å². The van der Waals surface area contributed by atoms with Gasteiger partial charge in [-0.2, -0.15) is 26.3 Å². The van der Waals surface area contributed by atoms with E-state index < -0.39 is 44.1 Å². The molecule has 0 fully saturated rings. The molecule has 0 atom stereocenters. The Morgan fingerprint density at radius 2 is 1.25 bits per heavy atom. The van der Waals surface area contributed by atoms with Gasteiger partial charge in [-0.05, 0) is 36.4 Å². The van der Waals surface area contributed by atoms with Crippen LogP contribution in [0.4, 0.5) is 32.0 Å². The predicted molar refractivity (Wildman–Crippen MR) is 73.7 cm³/mol. The van der Waals surface area contributed by atoms with Gasteiger partial charge < -0.3 is 0 Å². The van der Waals surface area contributed by atoms with Gasteiger partial charge in [0.25, 0.3) is 10.0 Å². The number of anilines is 1. The van der Waals surface area contributed by atoms with E-state index in [9.17, 15) is 34.8 Å². The summed E-state index contributed by atoms with van der Waals surface area (Å²) >= 11 is 0. The van der Waals surface area contributed by atoms with Crippen LogP contribution in [0.5, 0.6) is 0 Å². The van der Waals surface area contributed by atoms with E-state index in [2.05, 4.69) is 0 Å². The van der Waals surface area contributed by atoms with Crippen molar-refractivity contribution >= 4 is 15.7 Å². The molecular formula is C14H9F6NO2S. The zero-order chi connectivity index (χ0) is 18.2. The second kappa shape index (κ2) is 6.00. The Bertz CT molecular complexity index is 843. The molecule has 0 unspecified atom stereocenters. The Kier molecular flexibility index (Phi) is 4.53. The molecule has 0 amide bonds. The molecule has 3 nitrogen and oxygen atoms in total. The van der Waals surface area contributed by atoms with Gasteiger partial charge in [-0.25, -0.2) is 8.42 Å². The van der Waals surface area contributed by atoms with Crippen LogP contribution < -0.4 is 4.72 Å². The van der Waals surface area contributed by atoms with Crippen LogP contribution in [0.15, 0.2) is 53.4 Å². The van der Waals surface area contributed by atoms with Gasteiger partial charge in [0.05, 0.1) is 16.0 Å². The lowest BCUT2D eigenvalue weighted by molar-refractivity contribution is -0.138. The third kappa shape index (κ3) is 4.19. The molecule has 10 heteroatoms. The van der Waals surface area contributed by atoms with Crippen LogP contribution in [0.25, 0.3) is 0 Å². The van der Waals surface area contributed by atoms with Gasteiger partial charge in [-0.3, -0.25) is 4.72 Å². The summed E-state index contributed by atoms with van der Waals surface area (Å²) in [6.07, 6.45) is -9.43. The zero-order valence-corrected chi connectivity index (χ0v) is 12.4. The molecule has 0 heterocycles. The van der Waals surface area contributed by atoms with Crippen molar-refractivity contribution in [2.24, 2.45) is 0 Å². The SMILES string of the molecule is O=S(=O)(Nc1cccc(C(F)(F)F)c1)c1cccc(C(F)(F)F)c1. The van der Waals surface area contributed by atoms with Gasteiger partial charge >= 0.3 is 12.4 Å². The molecule has 0 aliphatic carbocycles. The largest absolute Gasteiger partial charge is 0.416 e. The molecule has 0 aliphatic heterocycles. The van der Waals surface area contributed by atoms with E-state index in [0.717, 1.165) is 30.3 Å². The molecule has 2 rings (SSSR count). The molecule has 0 aromatic heterocycles. The second-order valence-electron chi connectivity index (χ2n) is 4.71. The quantitative estimate of drug-likeness (QED) is 0.809. The van der Waals surface area contributed by atoms with E-state index >= 15 is 0 Å². The van der Waals surface area contributed by atoms with E-state index in [1.54, 1.807) is 0 Å². The highest BCUT2D eigenvalue weighted by Gasteiger charge is 2.32. The number of hydrogen-bond donors (Lipinski definition) is 1. The molecule has 0 spiro atoms. The summed E-state index contributed by atoms with van der Waals surface area (Å²) in [6.45, 7) is 0. The first-order chi connectivity index (χ1) is 10.9. The van der Waals surface area contributed by atoms with Crippen molar-refractivity contribution in [3.05, 3.63) is 59.7 Å². The Morgan fingerprint density at radius 1 is 0.750 bits per heavy atom. The smallest absolute Gasteiger partial charge is 0.280 e. The van der Waals surface area contributed by atoms with Crippen molar-refractivity contribution in [2.75, 3.05) is 4.72 Å². The average Bonchev–Trinajstić information content (AvgIpc) is 2.45. The highest BCUT2D eigenvalue weighted by Crippen LogP contribution is 2.32. The van der Waals surface area contributed by atoms with E-state index in [1.165, 1.54) is 0 Å². The first kappa shape index (κ1) is 18.1. The Morgan fingerprint density at radius 3 is 1.79 bits per heavy atom. The molecule has 24 heavy (non-hydrogen) atoms. The molecule has 1 N–H and O–H groups in total. The molecule has 0 aliphatic rings. The minimum Gasteiger partial charge on any atom is -0.280 e. The number of benzene rings is 2. The number of alkyl halides is 6. The van der Waals surface area contributed by atoms with Crippen molar-refractivity contribution in [1.29, 1.82) is 0 Å². The van der Waals surface area contributed by atoms with E-state index in [1.807, 2.05) is 4.72 Å². The lowest BCUT2D eigenvalue weighted by atomic mass is 10.2. The van der Waals surface area contributed by atoms with E-state index in [0.29, 0.717) is 18.2 Å². The number of nitrogens with one attached hydrogen (secondary N) is 1. The van der Waals surface area contributed by atoms with Crippen molar-refractivity contribution < 1.29 is 34.8 Å². The normalized spacial score (nSPS) is 12.9. The van der Waals surface area contributed by atoms with Crippen molar-refractivity contribution in [3.8, 4) is 0 Å². The lowest BCUT2D eigenvalue weighted by Crippen LogP contribution is -2.15. The van der Waals surface area contributed by atoms with Gasteiger partial charge in [0.2, 0.25) is 0 Å². The molecule has 0 bridgehead atoms. The summed E-state index contributed by atoms with van der Waals surface area (Å²) in [5.74, 6) is 0. The van der Waals surface area contributed by atoms with Crippen molar-refractivity contribution in [3.63, 3.8) is 0 Å². The fourth-order valence-corrected chi connectivity index (χ4v) is 2.91.